The number of Topliss-reactive ketones (excluding diaryl/α,β-unsaturated/α-hetero) is 1. The van der Waals surface area contributed by atoms with Gasteiger partial charge in [-0.2, -0.15) is 0 Å². The van der Waals surface area contributed by atoms with Crippen LogP contribution in [-0.2, 0) is 10.8 Å². The van der Waals surface area contributed by atoms with Crippen molar-refractivity contribution in [1.82, 2.24) is 0 Å². The molecule has 0 aromatic heterocycles. The maximum absolute atomic E-state index is 13.4. The Bertz CT molecular complexity index is 519. The number of aryl methyl sites for hydroxylation is 1. The Hall–Kier alpha value is -1.03. The summed E-state index contributed by atoms with van der Waals surface area (Å²) in [6, 6.07) is 4.50. The van der Waals surface area contributed by atoms with Gasteiger partial charge in [0.15, 0.2) is 5.78 Å². The van der Waals surface area contributed by atoms with Crippen molar-refractivity contribution in [3.05, 3.63) is 35.1 Å². The molecule has 0 N–H and O–H groups in total. The van der Waals surface area contributed by atoms with Gasteiger partial charge in [-0.05, 0) is 56.4 Å². The third-order valence-electron chi connectivity index (χ3n) is 4.26. The van der Waals surface area contributed by atoms with Crippen molar-refractivity contribution in [2.45, 2.75) is 43.1 Å². The lowest BCUT2D eigenvalue weighted by Crippen LogP contribution is -2.32. The molecule has 2 heterocycles. The number of ketones is 1. The van der Waals surface area contributed by atoms with Gasteiger partial charge in [-0.15, -0.1) is 0 Å². The molecule has 102 valence electrons. The molecule has 2 fully saturated rings. The van der Waals surface area contributed by atoms with Crippen LogP contribution in [0, 0.1) is 18.7 Å². The lowest BCUT2D eigenvalue weighted by Gasteiger charge is -2.26. The van der Waals surface area contributed by atoms with Crippen molar-refractivity contribution in [1.29, 1.82) is 0 Å². The topological polar surface area (TPSA) is 34.1 Å². The maximum atomic E-state index is 13.4. The van der Waals surface area contributed by atoms with Gasteiger partial charge in [0.2, 0.25) is 0 Å². The molecule has 2 aliphatic heterocycles. The summed E-state index contributed by atoms with van der Waals surface area (Å²) < 4.78 is 25.3. The molecule has 2 aliphatic rings. The average Bonchev–Trinajstić information content (AvgIpc) is 2.60. The first-order valence-electron chi connectivity index (χ1n) is 6.75. The molecule has 2 saturated heterocycles. The highest BCUT2D eigenvalue weighted by molar-refractivity contribution is 7.86. The Morgan fingerprint density at radius 2 is 1.84 bits per heavy atom. The zero-order valence-electron chi connectivity index (χ0n) is 10.9. The van der Waals surface area contributed by atoms with Crippen LogP contribution < -0.4 is 0 Å². The third kappa shape index (κ3) is 2.38. The zero-order chi connectivity index (χ0) is 13.6. The van der Waals surface area contributed by atoms with Gasteiger partial charge < -0.3 is 0 Å². The molecule has 0 saturated carbocycles. The van der Waals surface area contributed by atoms with Crippen molar-refractivity contribution >= 4 is 16.6 Å². The second-order valence-electron chi connectivity index (χ2n) is 5.70. The van der Waals surface area contributed by atoms with Crippen molar-refractivity contribution < 1.29 is 13.4 Å². The second kappa shape index (κ2) is 4.82. The lowest BCUT2D eigenvalue weighted by molar-refractivity contribution is 0.0905. The molecule has 2 atom stereocenters. The maximum Gasteiger partial charge on any atom is 0.166 e. The summed E-state index contributed by atoms with van der Waals surface area (Å²) in [5.74, 6) is -0.404. The van der Waals surface area contributed by atoms with Gasteiger partial charge in [0, 0.05) is 32.8 Å². The fourth-order valence-corrected chi connectivity index (χ4v) is 5.49. The lowest BCUT2D eigenvalue weighted by atomic mass is 9.90. The molecule has 0 spiro atoms. The molecule has 2 unspecified atom stereocenters. The van der Waals surface area contributed by atoms with Gasteiger partial charge in [0.1, 0.15) is 5.82 Å². The van der Waals surface area contributed by atoms with E-state index < -0.39 is 10.8 Å². The summed E-state index contributed by atoms with van der Waals surface area (Å²) in [6.07, 6.45) is 3.36. The van der Waals surface area contributed by atoms with Crippen LogP contribution in [0.2, 0.25) is 0 Å². The van der Waals surface area contributed by atoms with E-state index in [0.717, 1.165) is 18.4 Å². The van der Waals surface area contributed by atoms with E-state index in [2.05, 4.69) is 0 Å². The van der Waals surface area contributed by atoms with E-state index in [4.69, 9.17) is 0 Å². The van der Waals surface area contributed by atoms with Crippen molar-refractivity contribution in [3.63, 3.8) is 0 Å². The summed E-state index contributed by atoms with van der Waals surface area (Å²) in [5.41, 5.74) is 1.24. The second-order valence-corrected chi connectivity index (χ2v) is 7.69. The van der Waals surface area contributed by atoms with Gasteiger partial charge in [0.25, 0.3) is 0 Å². The van der Waals surface area contributed by atoms with Gasteiger partial charge in [0.05, 0.1) is 0 Å². The fraction of sp³-hybridized carbons (Fsp3) is 0.533. The minimum Gasteiger partial charge on any atom is -0.294 e. The first-order chi connectivity index (χ1) is 9.04. The van der Waals surface area contributed by atoms with E-state index in [9.17, 15) is 13.4 Å². The highest BCUT2D eigenvalue weighted by Gasteiger charge is 2.42. The minimum absolute atomic E-state index is 0.0243. The molecule has 0 aliphatic carbocycles. The summed E-state index contributed by atoms with van der Waals surface area (Å²) in [7, 11) is -0.747. The van der Waals surface area contributed by atoms with E-state index in [-0.39, 0.29) is 28.0 Å². The van der Waals surface area contributed by atoms with Crippen LogP contribution in [0.1, 0.15) is 41.6 Å². The molecule has 3 rings (SSSR count). The fourth-order valence-electron chi connectivity index (χ4n) is 3.36. The molecule has 0 amide bonds. The van der Waals surface area contributed by atoms with Gasteiger partial charge in [-0.25, -0.2) is 4.39 Å². The molecule has 1 aromatic rings. The first-order valence-corrected chi connectivity index (χ1v) is 8.03. The van der Waals surface area contributed by atoms with Crippen LogP contribution in [0.4, 0.5) is 4.39 Å². The standard InChI is InChI=1S/C15H17FO2S/c1-9-4-10(6-12(16)5-9)15(17)11-7-13-2-3-14(8-11)19(13)18/h4-6,11,13-14H,2-3,7-8H2,1H3. The Morgan fingerprint density at radius 3 is 2.42 bits per heavy atom. The Kier molecular flexibility index (Phi) is 3.29. The SMILES string of the molecule is Cc1cc(F)cc(C(=O)C2CC3CCC(C2)S3=O)c1. The Labute approximate surface area is 114 Å². The minimum atomic E-state index is -0.747. The summed E-state index contributed by atoms with van der Waals surface area (Å²) >= 11 is 0. The number of benzene rings is 1. The smallest absolute Gasteiger partial charge is 0.166 e. The number of hydrogen-bond acceptors (Lipinski definition) is 2. The van der Waals surface area contributed by atoms with Crippen LogP contribution in [0.25, 0.3) is 0 Å². The van der Waals surface area contributed by atoms with Gasteiger partial charge in [-0.1, -0.05) is 0 Å². The molecule has 4 heteroatoms. The summed E-state index contributed by atoms with van der Waals surface area (Å²) in [6.45, 7) is 1.79. The van der Waals surface area contributed by atoms with Crippen LogP contribution in [0.3, 0.4) is 0 Å². The number of fused-ring (bicyclic) bond motifs is 2. The Morgan fingerprint density at radius 1 is 1.21 bits per heavy atom. The first kappa shape index (κ1) is 13.0. The largest absolute Gasteiger partial charge is 0.294 e. The number of carbonyl (C=O) groups is 1. The number of hydrogen-bond donors (Lipinski definition) is 0. The van der Waals surface area contributed by atoms with E-state index in [1.807, 2.05) is 0 Å². The molecule has 19 heavy (non-hydrogen) atoms. The molecule has 2 bridgehead atoms. The predicted octanol–water partition coefficient (Wildman–Crippen LogP) is 3.01. The zero-order valence-corrected chi connectivity index (χ0v) is 11.7. The molecular weight excluding hydrogens is 263 g/mol. The van der Waals surface area contributed by atoms with Crippen molar-refractivity contribution in [3.8, 4) is 0 Å². The van der Waals surface area contributed by atoms with Gasteiger partial charge >= 0.3 is 0 Å². The van der Waals surface area contributed by atoms with E-state index in [1.54, 1.807) is 13.0 Å². The van der Waals surface area contributed by atoms with Crippen LogP contribution in [0.15, 0.2) is 18.2 Å². The van der Waals surface area contributed by atoms with Crippen LogP contribution in [-0.4, -0.2) is 20.5 Å². The van der Waals surface area contributed by atoms with Crippen LogP contribution >= 0.6 is 0 Å². The summed E-state index contributed by atoms with van der Waals surface area (Å²) in [5, 5.41) is 0.365. The molecular formula is C15H17FO2S. The molecule has 2 nitrogen and oxygen atoms in total. The number of halogens is 1. The normalized spacial score (nSPS) is 33.4. The highest BCUT2D eigenvalue weighted by atomic mass is 32.2. The predicted molar refractivity (Wildman–Crippen MR) is 73.1 cm³/mol. The van der Waals surface area contributed by atoms with E-state index in [1.165, 1.54) is 12.1 Å². The van der Waals surface area contributed by atoms with Crippen LogP contribution in [0.5, 0.6) is 0 Å². The number of rotatable bonds is 2. The van der Waals surface area contributed by atoms with Crippen molar-refractivity contribution in [2.75, 3.05) is 0 Å². The third-order valence-corrected chi connectivity index (χ3v) is 6.43. The molecule has 1 aromatic carbocycles. The monoisotopic (exact) mass is 280 g/mol. The summed E-state index contributed by atoms with van der Waals surface area (Å²) in [4.78, 5) is 12.5. The Balaban J connectivity index is 1.83. The van der Waals surface area contributed by atoms with Crippen molar-refractivity contribution in [2.24, 2.45) is 5.92 Å². The number of carbonyl (C=O) groups excluding carboxylic acids is 1. The van der Waals surface area contributed by atoms with E-state index in [0.29, 0.717) is 18.4 Å². The van der Waals surface area contributed by atoms with E-state index >= 15 is 0 Å². The molecule has 0 radical (unpaired) electrons. The highest BCUT2D eigenvalue weighted by Crippen LogP contribution is 2.39. The average molecular weight is 280 g/mol. The quantitative estimate of drug-likeness (QED) is 0.780. The van der Waals surface area contributed by atoms with Gasteiger partial charge in [-0.3, -0.25) is 9.00 Å².